The van der Waals surface area contributed by atoms with E-state index in [0.29, 0.717) is 28.4 Å². The first-order chi connectivity index (χ1) is 16.1. The number of thiazole rings is 1. The van der Waals surface area contributed by atoms with Gasteiger partial charge in [0.25, 0.3) is 0 Å². The molecule has 9 nitrogen and oxygen atoms in total. The first-order valence-corrected chi connectivity index (χ1v) is 12.7. The van der Waals surface area contributed by atoms with Gasteiger partial charge in [0.1, 0.15) is 6.10 Å². The molecule has 1 aliphatic rings. The summed E-state index contributed by atoms with van der Waals surface area (Å²) in [5, 5.41) is 17.3. The van der Waals surface area contributed by atoms with Crippen LogP contribution in [0.5, 0.6) is 5.88 Å². The lowest BCUT2D eigenvalue weighted by Crippen LogP contribution is -2.32. The van der Waals surface area contributed by atoms with E-state index in [4.69, 9.17) is 4.74 Å². The summed E-state index contributed by atoms with van der Waals surface area (Å²) in [5.74, 6) is 0.546. The van der Waals surface area contributed by atoms with E-state index in [-0.39, 0.29) is 12.0 Å². The maximum absolute atomic E-state index is 12.3. The predicted octanol–water partition coefficient (Wildman–Crippen LogP) is 4.10. The SMILES string of the molecule is CCN(CC)CC(=O)Nc1nc2ccc(Sc3nnc4ccc(OC5CCC5)nn34)cc2s1. The van der Waals surface area contributed by atoms with Gasteiger partial charge in [-0.05, 0) is 68.4 Å². The molecule has 1 aliphatic carbocycles. The number of amides is 1. The monoisotopic (exact) mass is 483 g/mol. The molecule has 3 heterocycles. The van der Waals surface area contributed by atoms with E-state index in [1.165, 1.54) is 29.5 Å². The van der Waals surface area contributed by atoms with E-state index in [2.05, 4.69) is 30.5 Å². The van der Waals surface area contributed by atoms with Crippen LogP contribution in [0.4, 0.5) is 5.13 Å². The second-order valence-electron chi connectivity index (χ2n) is 7.86. The number of likely N-dealkylation sites (N-methyl/N-ethyl adjacent to an activating group) is 1. The van der Waals surface area contributed by atoms with Crippen LogP contribution in [0.15, 0.2) is 40.4 Å². The van der Waals surface area contributed by atoms with Crippen LogP contribution < -0.4 is 10.1 Å². The van der Waals surface area contributed by atoms with Crippen LogP contribution in [0.3, 0.4) is 0 Å². The van der Waals surface area contributed by atoms with Crippen molar-refractivity contribution in [3.63, 3.8) is 0 Å². The Morgan fingerprint density at radius 2 is 2.09 bits per heavy atom. The molecule has 0 unspecified atom stereocenters. The quantitative estimate of drug-likeness (QED) is 0.380. The molecule has 0 spiro atoms. The second kappa shape index (κ2) is 9.62. The number of fused-ring (bicyclic) bond motifs is 2. The highest BCUT2D eigenvalue weighted by atomic mass is 32.2. The number of anilines is 1. The van der Waals surface area contributed by atoms with Gasteiger partial charge in [-0.25, -0.2) is 4.98 Å². The molecule has 5 rings (SSSR count). The van der Waals surface area contributed by atoms with E-state index in [9.17, 15) is 4.79 Å². The Morgan fingerprint density at radius 3 is 2.85 bits per heavy atom. The number of carbonyl (C=O) groups is 1. The summed E-state index contributed by atoms with van der Waals surface area (Å²) >= 11 is 2.94. The first kappa shape index (κ1) is 22.1. The zero-order chi connectivity index (χ0) is 22.8. The topological polar surface area (TPSA) is 97.5 Å². The molecule has 4 aromatic rings. The predicted molar refractivity (Wildman–Crippen MR) is 129 cm³/mol. The van der Waals surface area contributed by atoms with Crippen molar-refractivity contribution in [3.8, 4) is 5.88 Å². The van der Waals surface area contributed by atoms with Crippen molar-refractivity contribution in [2.24, 2.45) is 0 Å². The minimum absolute atomic E-state index is 0.0479. The molecule has 1 saturated carbocycles. The normalized spacial score (nSPS) is 14.2. The minimum Gasteiger partial charge on any atom is -0.473 e. The Morgan fingerprint density at radius 1 is 1.24 bits per heavy atom. The average molecular weight is 484 g/mol. The number of ether oxygens (including phenoxy) is 1. The largest absolute Gasteiger partial charge is 0.473 e. The summed E-state index contributed by atoms with van der Waals surface area (Å²) in [6, 6.07) is 9.71. The van der Waals surface area contributed by atoms with Crippen LogP contribution in [-0.4, -0.2) is 61.3 Å². The highest BCUT2D eigenvalue weighted by Gasteiger charge is 2.20. The number of rotatable bonds is 9. The molecular formula is C22H25N7O2S2. The molecule has 11 heteroatoms. The van der Waals surface area contributed by atoms with Gasteiger partial charge < -0.3 is 10.1 Å². The van der Waals surface area contributed by atoms with E-state index < -0.39 is 0 Å². The van der Waals surface area contributed by atoms with Crippen LogP contribution in [-0.2, 0) is 4.79 Å². The maximum atomic E-state index is 12.3. The van der Waals surface area contributed by atoms with Crippen LogP contribution >= 0.6 is 23.1 Å². The van der Waals surface area contributed by atoms with Crippen molar-refractivity contribution in [1.29, 1.82) is 0 Å². The molecular weight excluding hydrogens is 458 g/mol. The molecule has 33 heavy (non-hydrogen) atoms. The van der Waals surface area contributed by atoms with Crippen molar-refractivity contribution in [2.75, 3.05) is 25.0 Å². The Kier molecular flexibility index (Phi) is 6.43. The lowest BCUT2D eigenvalue weighted by Gasteiger charge is -2.25. The molecule has 1 N–H and O–H groups in total. The fourth-order valence-corrected chi connectivity index (χ4v) is 5.30. The number of hydrogen-bond donors (Lipinski definition) is 1. The van der Waals surface area contributed by atoms with Crippen molar-refractivity contribution >= 4 is 50.0 Å². The Bertz CT molecular complexity index is 1280. The third-order valence-electron chi connectivity index (χ3n) is 5.63. The highest BCUT2D eigenvalue weighted by molar-refractivity contribution is 7.99. The lowest BCUT2D eigenvalue weighted by molar-refractivity contribution is -0.117. The van der Waals surface area contributed by atoms with Crippen molar-refractivity contribution in [2.45, 2.75) is 49.3 Å². The Balaban J connectivity index is 1.31. The van der Waals surface area contributed by atoms with Crippen molar-refractivity contribution in [3.05, 3.63) is 30.3 Å². The third kappa shape index (κ3) is 4.94. The zero-order valence-corrected chi connectivity index (χ0v) is 20.2. The lowest BCUT2D eigenvalue weighted by atomic mass is 9.96. The standard InChI is InChI=1S/C22H25N7O2S2/c1-3-28(4-2)13-19(30)24-21-23-16-9-8-15(12-17(16)33-21)32-22-26-25-18-10-11-20(27-29(18)22)31-14-6-5-7-14/h8-12,14H,3-7,13H2,1-2H3,(H,23,24,30). The molecule has 0 saturated heterocycles. The van der Waals surface area contributed by atoms with Crippen LogP contribution in [0.2, 0.25) is 0 Å². The van der Waals surface area contributed by atoms with Crippen LogP contribution in [0.25, 0.3) is 15.9 Å². The number of benzene rings is 1. The van der Waals surface area contributed by atoms with Gasteiger partial charge in [0.15, 0.2) is 10.8 Å². The van der Waals surface area contributed by atoms with Gasteiger partial charge in [-0.1, -0.05) is 25.2 Å². The molecule has 0 atom stereocenters. The molecule has 172 valence electrons. The zero-order valence-electron chi connectivity index (χ0n) is 18.5. The van der Waals surface area contributed by atoms with Gasteiger partial charge in [-0.2, -0.15) is 4.52 Å². The van der Waals surface area contributed by atoms with E-state index in [1.54, 1.807) is 4.52 Å². The summed E-state index contributed by atoms with van der Waals surface area (Å²) < 4.78 is 8.63. The van der Waals surface area contributed by atoms with Crippen LogP contribution in [0.1, 0.15) is 33.1 Å². The van der Waals surface area contributed by atoms with Gasteiger partial charge in [0.05, 0.1) is 16.8 Å². The smallest absolute Gasteiger partial charge is 0.240 e. The fourth-order valence-electron chi connectivity index (χ4n) is 3.47. The first-order valence-electron chi connectivity index (χ1n) is 11.1. The number of carbonyl (C=O) groups excluding carboxylic acids is 1. The summed E-state index contributed by atoms with van der Waals surface area (Å²) in [7, 11) is 0. The Labute approximate surface area is 199 Å². The molecule has 0 aliphatic heterocycles. The van der Waals surface area contributed by atoms with E-state index in [1.807, 2.05) is 44.2 Å². The molecule has 1 amide bonds. The molecule has 3 aromatic heterocycles. The second-order valence-corrected chi connectivity index (χ2v) is 9.93. The Hall–Kier alpha value is -2.76. The summed E-state index contributed by atoms with van der Waals surface area (Å²) in [6.45, 7) is 6.13. The number of aromatic nitrogens is 5. The van der Waals surface area contributed by atoms with Crippen molar-refractivity contribution < 1.29 is 9.53 Å². The third-order valence-corrected chi connectivity index (χ3v) is 7.49. The van der Waals surface area contributed by atoms with Gasteiger partial charge >= 0.3 is 0 Å². The van der Waals surface area contributed by atoms with Gasteiger partial charge in [0, 0.05) is 11.0 Å². The van der Waals surface area contributed by atoms with Gasteiger partial charge in [-0.15, -0.1) is 15.3 Å². The number of hydrogen-bond acceptors (Lipinski definition) is 9. The summed E-state index contributed by atoms with van der Waals surface area (Å²) in [5.41, 5.74) is 1.53. The molecule has 1 fully saturated rings. The van der Waals surface area contributed by atoms with Crippen molar-refractivity contribution in [1.82, 2.24) is 29.7 Å². The maximum Gasteiger partial charge on any atom is 0.240 e. The molecule has 0 bridgehead atoms. The highest BCUT2D eigenvalue weighted by Crippen LogP contribution is 2.33. The van der Waals surface area contributed by atoms with E-state index in [0.717, 1.165) is 41.0 Å². The summed E-state index contributed by atoms with van der Waals surface area (Å²) in [6.07, 6.45) is 3.63. The van der Waals surface area contributed by atoms with Gasteiger partial charge in [-0.3, -0.25) is 9.69 Å². The van der Waals surface area contributed by atoms with E-state index >= 15 is 0 Å². The minimum atomic E-state index is -0.0479. The summed E-state index contributed by atoms with van der Waals surface area (Å²) in [4.78, 5) is 19.9. The molecule has 0 radical (unpaired) electrons. The molecule has 1 aromatic carbocycles. The van der Waals surface area contributed by atoms with Gasteiger partial charge in [0.2, 0.25) is 16.9 Å². The number of nitrogens with one attached hydrogen (secondary N) is 1. The van der Waals surface area contributed by atoms with Crippen LogP contribution in [0, 0.1) is 0 Å². The fraction of sp³-hybridized carbons (Fsp3) is 0.409. The number of nitrogens with zero attached hydrogens (tertiary/aromatic N) is 6. The average Bonchev–Trinajstić information content (AvgIpc) is 3.37.